The lowest BCUT2D eigenvalue weighted by Gasteiger charge is -2.33. The summed E-state index contributed by atoms with van der Waals surface area (Å²) in [4.78, 5) is 33.6. The van der Waals surface area contributed by atoms with Crippen LogP contribution in [0.15, 0.2) is 127 Å². The largest absolute Gasteiger partial charge is 0.279 e. The molecule has 0 amide bonds. The summed E-state index contributed by atoms with van der Waals surface area (Å²) in [5, 5.41) is 0. The van der Waals surface area contributed by atoms with Crippen molar-refractivity contribution in [2.24, 2.45) is 30.0 Å². The number of guanidine groups is 4. The van der Waals surface area contributed by atoms with E-state index in [2.05, 4.69) is 52.0 Å². The van der Waals surface area contributed by atoms with Gasteiger partial charge in [0.2, 0.25) is 23.8 Å². The Morgan fingerprint density at radius 1 is 0.429 bits per heavy atom. The van der Waals surface area contributed by atoms with Gasteiger partial charge in [0.1, 0.15) is 0 Å². The van der Waals surface area contributed by atoms with Crippen molar-refractivity contribution in [2.75, 3.05) is 4.90 Å². The minimum atomic E-state index is 0.419. The smallest absolute Gasteiger partial charge is 0.244 e. The second-order valence-corrected chi connectivity index (χ2v) is 10.4. The number of hydrogen-bond donors (Lipinski definition) is 0. The van der Waals surface area contributed by atoms with E-state index in [0.717, 1.165) is 44.8 Å². The van der Waals surface area contributed by atoms with Gasteiger partial charge in [-0.05, 0) is 74.2 Å². The van der Waals surface area contributed by atoms with Crippen LogP contribution in [0.3, 0.4) is 0 Å². The third-order valence-electron chi connectivity index (χ3n) is 7.46. The van der Waals surface area contributed by atoms with Gasteiger partial charge in [0.15, 0.2) is 11.7 Å². The first-order valence-corrected chi connectivity index (χ1v) is 13.8. The first-order valence-electron chi connectivity index (χ1n) is 13.8. The molecule has 3 aliphatic rings. The van der Waals surface area contributed by atoms with E-state index in [1.807, 2.05) is 77.7 Å². The summed E-state index contributed by atoms with van der Waals surface area (Å²) in [5.41, 5.74) is 8.09. The van der Waals surface area contributed by atoms with E-state index in [1.54, 1.807) is 4.90 Å². The highest BCUT2D eigenvalue weighted by molar-refractivity contribution is 6.34. The monoisotopic (exact) mass is 548 g/mol. The number of benzene rings is 4. The Morgan fingerprint density at radius 2 is 0.833 bits per heavy atom. The first-order chi connectivity index (χ1) is 20.5. The van der Waals surface area contributed by atoms with Gasteiger partial charge in [-0.3, -0.25) is 4.90 Å². The molecular formula is C34H28N8. The fourth-order valence-electron chi connectivity index (χ4n) is 5.47. The van der Waals surface area contributed by atoms with Crippen molar-refractivity contribution in [3.63, 3.8) is 0 Å². The summed E-state index contributed by atoms with van der Waals surface area (Å²) in [6, 6.07) is 32.5. The van der Waals surface area contributed by atoms with Gasteiger partial charge in [-0.15, -0.1) is 0 Å². The van der Waals surface area contributed by atoms with Crippen LogP contribution in [0.5, 0.6) is 0 Å². The molecule has 0 saturated heterocycles. The van der Waals surface area contributed by atoms with Gasteiger partial charge in [0.25, 0.3) is 0 Å². The van der Waals surface area contributed by atoms with Crippen molar-refractivity contribution < 1.29 is 0 Å². The maximum absolute atomic E-state index is 5.01. The highest BCUT2D eigenvalue weighted by Gasteiger charge is 2.37. The second-order valence-electron chi connectivity index (χ2n) is 10.4. The number of rotatable bonds is 4. The van der Waals surface area contributed by atoms with E-state index in [4.69, 9.17) is 30.0 Å². The molecule has 204 valence electrons. The fourth-order valence-corrected chi connectivity index (χ4v) is 5.47. The van der Waals surface area contributed by atoms with Gasteiger partial charge in [0.05, 0.1) is 0 Å². The second kappa shape index (κ2) is 10.2. The van der Waals surface area contributed by atoms with Crippen LogP contribution in [-0.4, -0.2) is 40.4 Å². The van der Waals surface area contributed by atoms with Gasteiger partial charge in [-0.2, -0.15) is 30.0 Å². The topological polar surface area (TPSA) is 80.6 Å². The molecule has 7 rings (SSSR count). The SMILES string of the molecule is Cc1cccc(C)c1C1=NC2=NC(c3c(C)cccc3C)=NC3=NC(N(c4ccccc4)c4ccccc4)=NC(=N1)N23. The molecular weight excluding hydrogens is 520 g/mol. The Balaban J connectivity index is 1.48. The van der Waals surface area contributed by atoms with Crippen molar-refractivity contribution in [3.8, 4) is 0 Å². The molecule has 4 aromatic rings. The summed E-state index contributed by atoms with van der Waals surface area (Å²) >= 11 is 0. The molecule has 0 spiro atoms. The Bertz CT molecular complexity index is 1780. The average Bonchev–Trinajstić information content (AvgIpc) is 2.98. The van der Waals surface area contributed by atoms with Gasteiger partial charge in [-0.25, -0.2) is 4.90 Å². The van der Waals surface area contributed by atoms with Crippen LogP contribution in [0, 0.1) is 27.7 Å². The first kappa shape index (κ1) is 25.5. The van der Waals surface area contributed by atoms with Crippen molar-refractivity contribution >= 4 is 46.9 Å². The Kier molecular flexibility index (Phi) is 6.16. The molecule has 0 saturated carbocycles. The Labute approximate surface area is 244 Å². The molecule has 8 nitrogen and oxygen atoms in total. The number of nitrogens with zero attached hydrogens (tertiary/aromatic N) is 8. The average molecular weight is 549 g/mol. The molecule has 42 heavy (non-hydrogen) atoms. The summed E-state index contributed by atoms with van der Waals surface area (Å²) in [6.45, 7) is 8.27. The molecule has 0 radical (unpaired) electrons. The van der Waals surface area contributed by atoms with Crippen LogP contribution >= 0.6 is 0 Å². The minimum absolute atomic E-state index is 0.419. The molecule has 8 heteroatoms. The number of aliphatic imine (C=N–C) groups is 6. The molecule has 0 unspecified atom stereocenters. The molecule has 0 bridgehead atoms. The lowest BCUT2D eigenvalue weighted by atomic mass is 10.0. The summed E-state index contributed by atoms with van der Waals surface area (Å²) < 4.78 is 0. The molecule has 3 heterocycles. The summed E-state index contributed by atoms with van der Waals surface area (Å²) in [5.74, 6) is 2.86. The van der Waals surface area contributed by atoms with E-state index >= 15 is 0 Å². The van der Waals surface area contributed by atoms with Gasteiger partial charge >= 0.3 is 0 Å². The predicted molar refractivity (Wildman–Crippen MR) is 172 cm³/mol. The quantitative estimate of drug-likeness (QED) is 0.284. The molecule has 3 aliphatic heterocycles. The maximum Gasteiger partial charge on any atom is 0.244 e. The maximum atomic E-state index is 5.01. The van der Waals surface area contributed by atoms with Crippen molar-refractivity contribution in [1.29, 1.82) is 0 Å². The standard InChI is InChI=1S/C34H28N8/c1-21-13-11-14-22(2)27(21)29-35-31-36-30(28-23(3)15-12-16-24(28)4)38-33-40-34(39-32(37-29)42(31)33)41(25-17-7-5-8-18-25)26-19-9-6-10-20-26/h5-20H,1-4H3. The number of amidine groups is 2. The molecule has 0 N–H and O–H groups in total. The lowest BCUT2D eigenvalue weighted by molar-refractivity contribution is 0.825. The van der Waals surface area contributed by atoms with Crippen LogP contribution in [0.1, 0.15) is 33.4 Å². The van der Waals surface area contributed by atoms with E-state index in [0.29, 0.717) is 35.5 Å². The zero-order valence-corrected chi connectivity index (χ0v) is 23.8. The van der Waals surface area contributed by atoms with E-state index < -0.39 is 0 Å². The highest BCUT2D eigenvalue weighted by atomic mass is 15.5. The number of hydrogen-bond acceptors (Lipinski definition) is 8. The van der Waals surface area contributed by atoms with Crippen molar-refractivity contribution in [1.82, 2.24) is 4.90 Å². The predicted octanol–water partition coefficient (Wildman–Crippen LogP) is 6.72. The Hall–Kier alpha value is -5.50. The molecule has 0 aliphatic carbocycles. The molecule has 0 atom stereocenters. The Morgan fingerprint density at radius 3 is 1.29 bits per heavy atom. The van der Waals surface area contributed by atoms with E-state index in [1.165, 1.54) is 0 Å². The fraction of sp³-hybridized carbons (Fsp3) is 0.118. The third-order valence-corrected chi connectivity index (χ3v) is 7.46. The third kappa shape index (κ3) is 4.34. The number of para-hydroxylation sites is 2. The molecule has 4 aromatic carbocycles. The molecule has 0 fully saturated rings. The van der Waals surface area contributed by atoms with Crippen molar-refractivity contribution in [3.05, 3.63) is 130 Å². The summed E-state index contributed by atoms with van der Waals surface area (Å²) in [7, 11) is 0. The van der Waals surface area contributed by atoms with Crippen LogP contribution in [0.4, 0.5) is 11.4 Å². The van der Waals surface area contributed by atoms with E-state index in [-0.39, 0.29) is 0 Å². The van der Waals surface area contributed by atoms with Gasteiger partial charge < -0.3 is 0 Å². The van der Waals surface area contributed by atoms with Gasteiger partial charge in [-0.1, -0.05) is 72.8 Å². The minimum Gasteiger partial charge on any atom is -0.279 e. The zero-order chi connectivity index (χ0) is 28.8. The highest BCUT2D eigenvalue weighted by Crippen LogP contribution is 2.30. The van der Waals surface area contributed by atoms with Crippen LogP contribution in [0.25, 0.3) is 0 Å². The van der Waals surface area contributed by atoms with E-state index in [9.17, 15) is 0 Å². The van der Waals surface area contributed by atoms with Gasteiger partial charge in [0, 0.05) is 22.5 Å². The zero-order valence-electron chi connectivity index (χ0n) is 23.8. The number of anilines is 2. The normalized spacial score (nSPS) is 15.5. The van der Waals surface area contributed by atoms with Crippen molar-refractivity contribution in [2.45, 2.75) is 27.7 Å². The summed E-state index contributed by atoms with van der Waals surface area (Å²) in [6.07, 6.45) is 0. The van der Waals surface area contributed by atoms with Crippen LogP contribution in [0.2, 0.25) is 0 Å². The number of aryl methyl sites for hydroxylation is 4. The molecule has 0 aromatic heterocycles. The lowest BCUT2D eigenvalue weighted by Crippen LogP contribution is -2.49. The van der Waals surface area contributed by atoms with Crippen LogP contribution < -0.4 is 4.90 Å². The van der Waals surface area contributed by atoms with Crippen LogP contribution in [-0.2, 0) is 0 Å².